The van der Waals surface area contributed by atoms with E-state index in [2.05, 4.69) is 62.3 Å². The van der Waals surface area contributed by atoms with Gasteiger partial charge in [-0.3, -0.25) is 0 Å². The van der Waals surface area contributed by atoms with Gasteiger partial charge in [-0.15, -0.1) is 24.8 Å². The molecule has 3 rings (SSSR count). The molecule has 35 heavy (non-hydrogen) atoms. The van der Waals surface area contributed by atoms with Crippen LogP contribution in [0.2, 0.25) is 6.55 Å². The first kappa shape index (κ1) is 33.0. The van der Waals surface area contributed by atoms with Gasteiger partial charge in [-0.1, -0.05) is 0 Å². The minimum Gasteiger partial charge on any atom is -0.147 e. The molecule has 1 aromatic rings. The van der Waals surface area contributed by atoms with E-state index in [-0.39, 0.29) is 32.2 Å². The van der Waals surface area contributed by atoms with Gasteiger partial charge in [-0.2, -0.15) is 0 Å². The molecule has 6 heteroatoms. The summed E-state index contributed by atoms with van der Waals surface area (Å²) in [4.78, 5) is 0. The summed E-state index contributed by atoms with van der Waals surface area (Å²) in [6, 6.07) is 9.71. The van der Waals surface area contributed by atoms with Crippen molar-refractivity contribution in [2.75, 3.05) is 7.11 Å². The number of hydrogen-bond acceptors (Lipinski definition) is 2. The first-order valence-electron chi connectivity index (χ1n) is 13.8. The van der Waals surface area contributed by atoms with Crippen LogP contribution in [0.15, 0.2) is 44.9 Å². The van der Waals surface area contributed by atoms with Crippen LogP contribution in [0.1, 0.15) is 98.3 Å². The number of ether oxygens (including phenoxy) is 1. The fraction of sp³-hybridized carbons (Fsp3) is 0.655. The molecule has 1 aromatic carbocycles. The van der Waals surface area contributed by atoms with Crippen LogP contribution < -0.4 is 12.4 Å². The smallest absolute Gasteiger partial charge is 0.147 e. The van der Waals surface area contributed by atoms with Crippen molar-refractivity contribution in [2.45, 2.75) is 111 Å². The quantitative estimate of drug-likeness (QED) is 0.348. The van der Waals surface area contributed by atoms with Crippen molar-refractivity contribution in [3.8, 4) is 5.75 Å². The summed E-state index contributed by atoms with van der Waals surface area (Å²) in [5.41, 5.74) is 4.74. The van der Waals surface area contributed by atoms with Crippen LogP contribution in [0.5, 0.6) is 5.75 Å². The molecule has 0 bridgehead atoms. The van der Waals surface area contributed by atoms with Crippen molar-refractivity contribution in [1.29, 1.82) is 0 Å². The van der Waals surface area contributed by atoms with E-state index in [1.54, 1.807) is 20.6 Å². The molecule has 0 spiro atoms. The number of halogens is 2. The van der Waals surface area contributed by atoms with Gasteiger partial charge in [0.2, 0.25) is 0 Å². The second kappa shape index (κ2) is 16.0. The molecular weight excluding hydrogens is 525 g/mol. The Labute approximate surface area is 234 Å². The van der Waals surface area contributed by atoms with Gasteiger partial charge in [-0.05, 0) is 0 Å². The number of para-hydroxylation sites is 1. The molecule has 1 N–H and O–H groups in total. The maximum Gasteiger partial charge on any atom is -0.147 e. The third-order valence-electron chi connectivity index (χ3n) is 8.75. The normalized spacial score (nSPS) is 22.7. The van der Waals surface area contributed by atoms with Crippen LogP contribution in [0, 0.1) is 5.92 Å². The van der Waals surface area contributed by atoms with Crippen molar-refractivity contribution >= 4 is 36.1 Å². The van der Waals surface area contributed by atoms with Gasteiger partial charge in [0.15, 0.2) is 0 Å². The average molecular weight is 577 g/mol. The largest absolute Gasteiger partial charge is 0.147 e. The van der Waals surface area contributed by atoms with Crippen LogP contribution in [-0.2, 0) is 16.1 Å². The van der Waals surface area contributed by atoms with Gasteiger partial charge in [0.1, 0.15) is 0 Å². The minimum atomic E-state index is -2.77. The van der Waals surface area contributed by atoms with Crippen LogP contribution in [0.3, 0.4) is 0 Å². The number of hydrogen-bond donors (Lipinski definition) is 1. The van der Waals surface area contributed by atoms with Crippen molar-refractivity contribution in [2.24, 2.45) is 5.92 Å². The van der Waals surface area contributed by atoms with Gasteiger partial charge >= 0.3 is 210 Å². The van der Waals surface area contributed by atoms with E-state index < -0.39 is 16.1 Å². The van der Waals surface area contributed by atoms with Crippen LogP contribution in [0.4, 0.5) is 0 Å². The van der Waals surface area contributed by atoms with E-state index in [1.165, 1.54) is 70.6 Å². The second-order valence-corrected chi connectivity index (χ2v) is 24.0. The third-order valence-corrected chi connectivity index (χ3v) is 25.0. The number of allylic oxidation sites excluding steroid dienone is 4. The predicted molar refractivity (Wildman–Crippen MR) is 159 cm³/mol. The topological polar surface area (TPSA) is 21.3 Å². The van der Waals surface area contributed by atoms with Crippen LogP contribution in [0.25, 0.3) is 0 Å². The fourth-order valence-electron chi connectivity index (χ4n) is 6.49. The molecule has 2 atom stereocenters. The number of benzene rings is 1. The zero-order chi connectivity index (χ0) is 23.8. The first-order chi connectivity index (χ1) is 16.0. The molecule has 2 aliphatic rings. The van der Waals surface area contributed by atoms with Crippen LogP contribution in [-0.4, -0.2) is 20.5 Å². The van der Waals surface area contributed by atoms with Gasteiger partial charge in [0.05, 0.1) is 0 Å². The first-order valence-corrected chi connectivity index (χ1v) is 21.5. The molecular formula is C29H51Cl2NOSiTi. The second-order valence-electron chi connectivity index (χ2n) is 10.6. The summed E-state index contributed by atoms with van der Waals surface area (Å²) in [5, 5.41) is 0. The SMILES string of the molecule is COc1cccc[c]1[Ti]([NH]C1CCCCCCCCCCC1)([SiH2]C)[C]1=C(C)C(C)=C(C)C1C.Cl.Cl. The fourth-order valence-corrected chi connectivity index (χ4v) is 23.5. The molecule has 2 unspecified atom stereocenters. The average Bonchev–Trinajstić information content (AvgIpc) is 3.02. The predicted octanol–water partition coefficient (Wildman–Crippen LogP) is 7.89. The molecule has 0 aromatic heterocycles. The van der Waals surface area contributed by atoms with Gasteiger partial charge in [-0.25, -0.2) is 0 Å². The Morgan fingerprint density at radius 1 is 0.829 bits per heavy atom. The standard InChI is InChI=1S/C12H24N.C9H13.C7H7O.CH5Si.2ClH.Ti/c13-12-10-8-6-4-2-1-3-5-7-9-11-12;1-6-5-7(2)9(4)8(6)3;1-8-7-5-3-2-4-6-7;1-2;;;/h12-13H,1-11H2;6H,1-4H3;2-5H,1H3;2H2,1H3;2*1H;/q-1;;;;;;+1. The zero-order valence-electron chi connectivity index (χ0n) is 23.2. The third kappa shape index (κ3) is 7.74. The van der Waals surface area contributed by atoms with Gasteiger partial charge in [0, 0.05) is 0 Å². The minimum absolute atomic E-state index is 0. The zero-order valence-corrected chi connectivity index (χ0v) is 27.8. The van der Waals surface area contributed by atoms with E-state index in [4.69, 9.17) is 4.74 Å². The number of nitrogens with one attached hydrogen (secondary N) is 1. The molecule has 0 saturated heterocycles. The Morgan fingerprint density at radius 2 is 1.34 bits per heavy atom. The summed E-state index contributed by atoms with van der Waals surface area (Å²) < 4.78 is 14.0. The van der Waals surface area contributed by atoms with E-state index in [1.807, 2.05) is 11.0 Å². The van der Waals surface area contributed by atoms with Crippen molar-refractivity contribution in [3.63, 3.8) is 0 Å². The number of methoxy groups -OCH3 is 1. The summed E-state index contributed by atoms with van der Waals surface area (Å²) in [6.45, 7) is 12.2. The Kier molecular flexibility index (Phi) is 15.1. The Morgan fingerprint density at radius 3 is 1.80 bits per heavy atom. The molecule has 1 saturated carbocycles. The van der Waals surface area contributed by atoms with Crippen molar-refractivity contribution in [3.05, 3.63) is 44.9 Å². The molecule has 200 valence electrons. The number of rotatable bonds is 6. The van der Waals surface area contributed by atoms with Crippen molar-refractivity contribution in [1.82, 2.24) is 3.80 Å². The maximum absolute atomic E-state index is 6.03. The van der Waals surface area contributed by atoms with E-state index in [0.29, 0.717) is 12.0 Å². The Balaban J connectivity index is 0.00000306. The molecule has 0 radical (unpaired) electrons. The molecule has 2 nitrogen and oxygen atoms in total. The summed E-state index contributed by atoms with van der Waals surface area (Å²) in [6.07, 6.45) is 15.5. The van der Waals surface area contributed by atoms with E-state index in [9.17, 15) is 0 Å². The summed E-state index contributed by atoms with van der Waals surface area (Å²) in [7, 11) is 1.54. The molecule has 0 heterocycles. The van der Waals surface area contributed by atoms with Crippen LogP contribution >= 0.6 is 24.8 Å². The van der Waals surface area contributed by atoms with E-state index in [0.717, 1.165) is 5.75 Å². The maximum atomic E-state index is 6.03. The van der Waals surface area contributed by atoms with E-state index >= 15 is 0 Å². The molecule has 0 aliphatic heterocycles. The molecule has 1 fully saturated rings. The van der Waals surface area contributed by atoms with Gasteiger partial charge < -0.3 is 0 Å². The summed E-state index contributed by atoms with van der Waals surface area (Å²) in [5.74, 6) is 1.70. The molecule has 2 aliphatic carbocycles. The monoisotopic (exact) mass is 575 g/mol. The Bertz CT molecular complexity index is 847. The summed E-state index contributed by atoms with van der Waals surface area (Å²) >= 11 is -2.77. The Hall–Kier alpha value is -0.0288. The van der Waals surface area contributed by atoms with Gasteiger partial charge in [0.25, 0.3) is 0 Å². The van der Waals surface area contributed by atoms with Crippen molar-refractivity contribution < 1.29 is 20.8 Å². The molecule has 0 amide bonds.